The summed E-state index contributed by atoms with van der Waals surface area (Å²) < 4.78 is 4.41. The second kappa shape index (κ2) is 8.46. The van der Waals surface area contributed by atoms with Crippen LogP contribution in [0.5, 0.6) is 0 Å². The molecule has 0 aliphatic heterocycles. The predicted octanol–water partition coefficient (Wildman–Crippen LogP) is 8.58. The van der Waals surface area contributed by atoms with E-state index in [0.717, 1.165) is 62.6 Å². The molecule has 0 saturated carbocycles. The highest BCUT2D eigenvalue weighted by molar-refractivity contribution is 6.13. The number of aromatic nitrogens is 2. The average molecular weight is 511 g/mol. The maximum Gasteiger partial charge on any atom is 0.103 e. The smallest absolute Gasteiger partial charge is 0.103 e. The van der Waals surface area contributed by atoms with Gasteiger partial charge in [-0.2, -0.15) is 10.5 Å². The molecule has 1 aliphatic rings. The van der Waals surface area contributed by atoms with Gasteiger partial charge in [0.2, 0.25) is 0 Å². The van der Waals surface area contributed by atoms with Crippen LogP contribution in [0.25, 0.3) is 60.9 Å². The highest BCUT2D eigenvalue weighted by Gasteiger charge is 2.23. The van der Waals surface area contributed by atoms with E-state index in [1.165, 1.54) is 16.3 Å². The van der Waals surface area contributed by atoms with Crippen LogP contribution >= 0.6 is 0 Å². The van der Waals surface area contributed by atoms with Crippen LogP contribution in [0, 0.1) is 22.7 Å². The highest BCUT2D eigenvalue weighted by atomic mass is 15.0. The van der Waals surface area contributed by atoms with Crippen molar-refractivity contribution >= 4 is 49.6 Å². The third-order valence-corrected chi connectivity index (χ3v) is 8.23. The van der Waals surface area contributed by atoms with Crippen LogP contribution in [0.3, 0.4) is 0 Å². The Hall–Kier alpha value is -5.58. The maximum atomic E-state index is 10.3. The molecule has 2 aromatic heterocycles. The van der Waals surface area contributed by atoms with Crippen LogP contribution in [0.1, 0.15) is 28.8 Å². The van der Waals surface area contributed by atoms with Crippen molar-refractivity contribution in [1.82, 2.24) is 9.13 Å². The van der Waals surface area contributed by atoms with Crippen molar-refractivity contribution in [3.63, 3.8) is 0 Å². The molecule has 4 heteroatoms. The van der Waals surface area contributed by atoms with Gasteiger partial charge in [0.1, 0.15) is 12.1 Å². The Bertz CT molecular complexity index is 2300. The molecule has 0 atom stereocenters. The molecular weight excluding hydrogens is 488 g/mol. The Morgan fingerprint density at radius 1 is 0.625 bits per heavy atom. The summed E-state index contributed by atoms with van der Waals surface area (Å²) in [6, 6.07) is 38.3. The van der Waals surface area contributed by atoms with Gasteiger partial charge in [0.15, 0.2) is 0 Å². The van der Waals surface area contributed by atoms with Crippen molar-refractivity contribution in [3.05, 3.63) is 126 Å². The highest BCUT2D eigenvalue weighted by Crippen LogP contribution is 2.39. The first-order valence-electron chi connectivity index (χ1n) is 13.5. The Balaban J connectivity index is 1.52. The lowest BCUT2D eigenvalue weighted by molar-refractivity contribution is 0.965. The average Bonchev–Trinajstić information content (AvgIpc) is 3.51. The zero-order chi connectivity index (χ0) is 26.8. The van der Waals surface area contributed by atoms with Gasteiger partial charge >= 0.3 is 0 Å². The van der Waals surface area contributed by atoms with E-state index in [2.05, 4.69) is 112 Å². The van der Waals surface area contributed by atoms with Crippen molar-refractivity contribution in [1.29, 1.82) is 10.5 Å². The number of fused-ring (bicyclic) bond motifs is 7. The van der Waals surface area contributed by atoms with Crippen molar-refractivity contribution in [3.8, 4) is 23.5 Å². The fourth-order valence-corrected chi connectivity index (χ4v) is 6.50. The number of nitrogens with zero attached hydrogens (tertiary/aromatic N) is 4. The topological polar surface area (TPSA) is 57.4 Å². The summed E-state index contributed by atoms with van der Waals surface area (Å²) in [4.78, 5) is 0. The summed E-state index contributed by atoms with van der Waals surface area (Å²) in [7, 11) is 0. The number of benzene rings is 5. The normalized spacial score (nSPS) is 12.7. The molecule has 0 N–H and O–H groups in total. The molecule has 7 aromatic rings. The molecular formula is C36H22N4. The fraction of sp³-hybridized carbons (Fsp3) is 0.0556. The molecule has 186 valence electrons. The van der Waals surface area contributed by atoms with Gasteiger partial charge in [-0.25, -0.2) is 0 Å². The molecule has 2 heterocycles. The van der Waals surface area contributed by atoms with Crippen molar-refractivity contribution in [2.45, 2.75) is 12.8 Å². The van der Waals surface area contributed by atoms with E-state index in [1.54, 1.807) is 0 Å². The number of allylic oxidation sites excluding steroid dienone is 1. The molecule has 0 radical (unpaired) electrons. The Morgan fingerprint density at radius 2 is 1.32 bits per heavy atom. The minimum absolute atomic E-state index is 0.369. The Labute approximate surface area is 230 Å². The Morgan fingerprint density at radius 3 is 2.10 bits per heavy atom. The van der Waals surface area contributed by atoms with E-state index >= 15 is 0 Å². The van der Waals surface area contributed by atoms with Crippen LogP contribution in [0.4, 0.5) is 0 Å². The van der Waals surface area contributed by atoms with Crippen LogP contribution in [-0.2, 0) is 6.42 Å². The van der Waals surface area contributed by atoms with E-state index in [-0.39, 0.29) is 0 Å². The second-order valence-electron chi connectivity index (χ2n) is 10.3. The first kappa shape index (κ1) is 22.4. The third-order valence-electron chi connectivity index (χ3n) is 8.23. The minimum Gasteiger partial charge on any atom is -0.309 e. The van der Waals surface area contributed by atoms with Crippen molar-refractivity contribution < 1.29 is 0 Å². The molecule has 0 unspecified atom stereocenters. The summed E-state index contributed by atoms with van der Waals surface area (Å²) in [6.07, 6.45) is 6.29. The molecule has 8 rings (SSSR count). The van der Waals surface area contributed by atoms with Gasteiger partial charge in [-0.05, 0) is 71.7 Å². The number of nitriles is 2. The number of hydrogen-bond donors (Lipinski definition) is 0. The van der Waals surface area contributed by atoms with Crippen LogP contribution in [0.15, 0.2) is 103 Å². The fourth-order valence-electron chi connectivity index (χ4n) is 6.50. The van der Waals surface area contributed by atoms with Crippen molar-refractivity contribution in [2.24, 2.45) is 0 Å². The molecule has 40 heavy (non-hydrogen) atoms. The lowest BCUT2D eigenvalue weighted by Gasteiger charge is -2.17. The van der Waals surface area contributed by atoms with Gasteiger partial charge in [0.25, 0.3) is 0 Å². The van der Waals surface area contributed by atoms with Gasteiger partial charge in [0.05, 0.1) is 33.4 Å². The third kappa shape index (κ3) is 3.05. The van der Waals surface area contributed by atoms with Crippen molar-refractivity contribution in [2.75, 3.05) is 0 Å². The van der Waals surface area contributed by atoms with E-state index in [1.807, 2.05) is 18.2 Å². The lowest BCUT2D eigenvalue weighted by Crippen LogP contribution is -2.06. The molecule has 0 fully saturated rings. The Kier molecular flexibility index (Phi) is 4.74. The monoisotopic (exact) mass is 510 g/mol. The van der Waals surface area contributed by atoms with Gasteiger partial charge < -0.3 is 9.13 Å². The van der Waals surface area contributed by atoms with Crippen LogP contribution in [-0.4, -0.2) is 9.13 Å². The summed E-state index contributed by atoms with van der Waals surface area (Å²) in [6.45, 7) is 0. The SMILES string of the molecule is N#Cc1cc(-n2c3ccccc3c3cc4ccccc4cc32)cc(-n2c3c(c4ccccc42)CCC=C3)c1C#N. The summed E-state index contributed by atoms with van der Waals surface area (Å²) in [5, 5.41) is 26.5. The standard InChI is InChI=1S/C36H22N4/c37-21-25-17-26(39-32-14-6-5-13-29(32)30-18-23-9-1-2-10-24(23)19-35(30)39)20-36(31(25)22-38)40-33-15-7-3-11-27(33)28-12-4-8-16-34(28)40/h1-3,5-11,13-20H,4,12H2. The molecule has 5 aromatic carbocycles. The largest absolute Gasteiger partial charge is 0.309 e. The minimum atomic E-state index is 0.369. The number of rotatable bonds is 2. The van der Waals surface area contributed by atoms with E-state index in [4.69, 9.17) is 0 Å². The second-order valence-corrected chi connectivity index (χ2v) is 10.3. The van der Waals surface area contributed by atoms with Crippen LogP contribution in [0.2, 0.25) is 0 Å². The number of hydrogen-bond acceptors (Lipinski definition) is 2. The molecule has 4 nitrogen and oxygen atoms in total. The first-order chi connectivity index (χ1) is 19.8. The van der Waals surface area contributed by atoms with Gasteiger partial charge in [-0.3, -0.25) is 0 Å². The summed E-state index contributed by atoms with van der Waals surface area (Å²) >= 11 is 0. The van der Waals surface area contributed by atoms with Gasteiger partial charge in [-0.1, -0.05) is 66.7 Å². The zero-order valence-corrected chi connectivity index (χ0v) is 21.6. The molecule has 0 bridgehead atoms. The predicted molar refractivity (Wildman–Crippen MR) is 162 cm³/mol. The molecule has 1 aliphatic carbocycles. The molecule has 0 saturated heterocycles. The van der Waals surface area contributed by atoms with Gasteiger partial charge in [-0.15, -0.1) is 0 Å². The maximum absolute atomic E-state index is 10.3. The molecule has 0 amide bonds. The quantitative estimate of drug-likeness (QED) is 0.234. The van der Waals surface area contributed by atoms with Gasteiger partial charge in [0, 0.05) is 27.5 Å². The summed E-state index contributed by atoms with van der Waals surface area (Å²) in [5.41, 5.74) is 7.89. The zero-order valence-electron chi connectivity index (χ0n) is 21.6. The van der Waals surface area contributed by atoms with E-state index < -0.39 is 0 Å². The number of para-hydroxylation sites is 2. The van der Waals surface area contributed by atoms with E-state index in [0.29, 0.717) is 11.1 Å². The molecule has 0 spiro atoms. The van der Waals surface area contributed by atoms with Crippen LogP contribution < -0.4 is 0 Å². The summed E-state index contributed by atoms with van der Waals surface area (Å²) in [5.74, 6) is 0. The number of aryl methyl sites for hydroxylation is 1. The van der Waals surface area contributed by atoms with E-state index in [9.17, 15) is 10.5 Å². The lowest BCUT2D eigenvalue weighted by atomic mass is 10.0. The first-order valence-corrected chi connectivity index (χ1v) is 13.5.